The van der Waals surface area contributed by atoms with Gasteiger partial charge in [-0.1, -0.05) is 31.3 Å². The van der Waals surface area contributed by atoms with Crippen molar-refractivity contribution in [3.8, 4) is 10.8 Å². The minimum Gasteiger partial charge on any atom is -0.444 e. The fraction of sp³-hybridized carbons (Fsp3) is 0.353. The van der Waals surface area contributed by atoms with Gasteiger partial charge >= 0.3 is 0 Å². The fourth-order valence-corrected chi connectivity index (χ4v) is 2.70. The summed E-state index contributed by atoms with van der Waals surface area (Å²) < 4.78 is 19.6. The molecule has 124 valence electrons. The van der Waals surface area contributed by atoms with Crippen LogP contribution in [0.3, 0.4) is 0 Å². The number of hydrogen-bond donors (Lipinski definition) is 2. The number of primary amides is 1. The van der Waals surface area contributed by atoms with Crippen molar-refractivity contribution in [1.82, 2.24) is 5.32 Å². The van der Waals surface area contributed by atoms with E-state index >= 15 is 0 Å². The largest absolute Gasteiger partial charge is 0.444 e. The highest BCUT2D eigenvalue weighted by molar-refractivity contribution is 7.15. The maximum Gasteiger partial charge on any atom is 0.258 e. The monoisotopic (exact) mass is 336 g/mol. The third kappa shape index (κ3) is 5.33. The first-order valence-electron chi connectivity index (χ1n) is 7.52. The van der Waals surface area contributed by atoms with Crippen molar-refractivity contribution < 1.29 is 13.9 Å². The second-order valence-electron chi connectivity index (χ2n) is 5.71. The SMILES string of the molecule is CC(C)CCNCc1ccc(Oc2ccc(C(N)=O)s2)c(F)c1. The molecule has 0 aliphatic carbocycles. The first-order valence-corrected chi connectivity index (χ1v) is 8.34. The molecule has 2 aromatic rings. The summed E-state index contributed by atoms with van der Waals surface area (Å²) in [6.45, 7) is 5.86. The van der Waals surface area contributed by atoms with Crippen molar-refractivity contribution in [1.29, 1.82) is 0 Å². The van der Waals surface area contributed by atoms with Gasteiger partial charge < -0.3 is 15.8 Å². The van der Waals surface area contributed by atoms with Gasteiger partial charge in [-0.25, -0.2) is 4.39 Å². The topological polar surface area (TPSA) is 64.3 Å². The van der Waals surface area contributed by atoms with Crippen LogP contribution in [0.25, 0.3) is 0 Å². The van der Waals surface area contributed by atoms with Crippen LogP contribution >= 0.6 is 11.3 Å². The van der Waals surface area contributed by atoms with Crippen LogP contribution < -0.4 is 15.8 Å². The van der Waals surface area contributed by atoms with E-state index in [0.717, 1.165) is 29.9 Å². The molecule has 23 heavy (non-hydrogen) atoms. The second-order valence-corrected chi connectivity index (χ2v) is 6.76. The Hall–Kier alpha value is -1.92. The van der Waals surface area contributed by atoms with E-state index in [1.54, 1.807) is 18.2 Å². The minimum absolute atomic E-state index is 0.133. The van der Waals surface area contributed by atoms with E-state index in [1.807, 2.05) is 6.07 Å². The van der Waals surface area contributed by atoms with Gasteiger partial charge in [-0.3, -0.25) is 4.79 Å². The smallest absolute Gasteiger partial charge is 0.258 e. The molecule has 3 N–H and O–H groups in total. The number of carbonyl (C=O) groups is 1. The third-order valence-corrected chi connectivity index (χ3v) is 4.24. The molecule has 0 aliphatic heterocycles. The summed E-state index contributed by atoms with van der Waals surface area (Å²) in [7, 11) is 0. The number of nitrogens with one attached hydrogen (secondary N) is 1. The van der Waals surface area contributed by atoms with Crippen molar-refractivity contribution in [3.05, 3.63) is 46.6 Å². The van der Waals surface area contributed by atoms with Crippen LogP contribution in [0, 0.1) is 11.7 Å². The van der Waals surface area contributed by atoms with Crippen LogP contribution in [-0.4, -0.2) is 12.5 Å². The van der Waals surface area contributed by atoms with E-state index in [-0.39, 0.29) is 5.75 Å². The van der Waals surface area contributed by atoms with Gasteiger partial charge in [0, 0.05) is 6.54 Å². The maximum absolute atomic E-state index is 14.1. The second kappa shape index (κ2) is 8.08. The van der Waals surface area contributed by atoms with E-state index < -0.39 is 11.7 Å². The first kappa shape index (κ1) is 17.4. The summed E-state index contributed by atoms with van der Waals surface area (Å²) in [5.41, 5.74) is 6.05. The first-order chi connectivity index (χ1) is 11.0. The summed E-state index contributed by atoms with van der Waals surface area (Å²) >= 11 is 1.09. The lowest BCUT2D eigenvalue weighted by molar-refractivity contribution is 0.100. The molecule has 0 atom stereocenters. The number of rotatable bonds is 8. The van der Waals surface area contributed by atoms with Gasteiger partial charge in [0.2, 0.25) is 0 Å². The van der Waals surface area contributed by atoms with Gasteiger partial charge in [0.1, 0.15) is 0 Å². The molecule has 1 aromatic heterocycles. The maximum atomic E-state index is 14.1. The number of thiophene rings is 1. The van der Waals surface area contributed by atoms with Gasteiger partial charge in [-0.2, -0.15) is 0 Å². The number of nitrogens with two attached hydrogens (primary N) is 1. The Kier molecular flexibility index (Phi) is 6.12. The van der Waals surface area contributed by atoms with E-state index in [9.17, 15) is 9.18 Å². The molecule has 6 heteroatoms. The Bertz CT molecular complexity index is 670. The zero-order valence-electron chi connectivity index (χ0n) is 13.3. The van der Waals surface area contributed by atoms with Crippen molar-refractivity contribution in [3.63, 3.8) is 0 Å². The van der Waals surface area contributed by atoms with Crippen LogP contribution in [0.15, 0.2) is 30.3 Å². The average molecular weight is 336 g/mol. The normalized spacial score (nSPS) is 11.0. The summed E-state index contributed by atoms with van der Waals surface area (Å²) in [6.07, 6.45) is 1.09. The van der Waals surface area contributed by atoms with Gasteiger partial charge in [0.15, 0.2) is 16.6 Å². The summed E-state index contributed by atoms with van der Waals surface area (Å²) in [5, 5.41) is 3.72. The highest BCUT2D eigenvalue weighted by Crippen LogP contribution is 2.31. The number of amides is 1. The Balaban J connectivity index is 1.94. The highest BCUT2D eigenvalue weighted by atomic mass is 32.1. The molecule has 1 amide bonds. The van der Waals surface area contributed by atoms with Crippen molar-refractivity contribution >= 4 is 17.2 Å². The van der Waals surface area contributed by atoms with Crippen LogP contribution in [0.5, 0.6) is 10.8 Å². The number of halogens is 1. The fourth-order valence-electron chi connectivity index (χ4n) is 1.98. The zero-order valence-corrected chi connectivity index (χ0v) is 14.1. The molecule has 0 saturated heterocycles. The number of ether oxygens (including phenoxy) is 1. The highest BCUT2D eigenvalue weighted by Gasteiger charge is 2.10. The Morgan fingerprint density at radius 3 is 2.74 bits per heavy atom. The minimum atomic E-state index is -0.520. The number of benzene rings is 1. The molecule has 0 spiro atoms. The lowest BCUT2D eigenvalue weighted by atomic mass is 10.1. The molecule has 0 unspecified atom stereocenters. The predicted octanol–water partition coefficient (Wildman–Crippen LogP) is 3.91. The van der Waals surface area contributed by atoms with Crippen LogP contribution in [0.1, 0.15) is 35.5 Å². The molecule has 0 aliphatic rings. The molecule has 0 radical (unpaired) electrons. The Morgan fingerprint density at radius 1 is 1.35 bits per heavy atom. The quantitative estimate of drug-likeness (QED) is 0.718. The third-order valence-electron chi connectivity index (χ3n) is 3.26. The van der Waals surface area contributed by atoms with E-state index in [4.69, 9.17) is 10.5 Å². The molecule has 1 aromatic carbocycles. The number of carbonyl (C=O) groups excluding carboxylic acids is 1. The van der Waals surface area contributed by atoms with Crippen molar-refractivity contribution in [2.24, 2.45) is 11.7 Å². The zero-order chi connectivity index (χ0) is 16.8. The summed E-state index contributed by atoms with van der Waals surface area (Å²) in [4.78, 5) is 11.4. The summed E-state index contributed by atoms with van der Waals surface area (Å²) in [5.74, 6) is -0.171. The lowest BCUT2D eigenvalue weighted by Crippen LogP contribution is -2.16. The van der Waals surface area contributed by atoms with Gasteiger partial charge in [0.05, 0.1) is 4.88 Å². The van der Waals surface area contributed by atoms with Crippen LogP contribution in [0.2, 0.25) is 0 Å². The molecular formula is C17H21FN2O2S. The Labute approximate surface area is 139 Å². The standard InChI is InChI=1S/C17H21FN2O2S/c1-11(2)7-8-20-10-12-3-4-14(13(18)9-12)22-16-6-5-15(23-16)17(19)21/h3-6,9,11,20H,7-8,10H2,1-2H3,(H2,19,21). The molecule has 0 saturated carbocycles. The lowest BCUT2D eigenvalue weighted by Gasteiger charge is -2.09. The van der Waals surface area contributed by atoms with Crippen LogP contribution in [-0.2, 0) is 6.54 Å². The Morgan fingerprint density at radius 2 is 2.13 bits per heavy atom. The van der Waals surface area contributed by atoms with E-state index in [1.165, 1.54) is 6.07 Å². The van der Waals surface area contributed by atoms with Gasteiger partial charge in [-0.15, -0.1) is 0 Å². The molecule has 0 bridgehead atoms. The van der Waals surface area contributed by atoms with Crippen molar-refractivity contribution in [2.75, 3.05) is 6.54 Å². The molecule has 1 heterocycles. The molecule has 4 nitrogen and oxygen atoms in total. The van der Waals surface area contributed by atoms with Crippen LogP contribution in [0.4, 0.5) is 4.39 Å². The predicted molar refractivity (Wildman–Crippen MR) is 90.5 cm³/mol. The molecule has 2 rings (SSSR count). The number of hydrogen-bond acceptors (Lipinski definition) is 4. The summed E-state index contributed by atoms with van der Waals surface area (Å²) in [6, 6.07) is 8.04. The van der Waals surface area contributed by atoms with E-state index in [0.29, 0.717) is 22.4 Å². The van der Waals surface area contributed by atoms with Gasteiger partial charge in [-0.05, 0) is 48.7 Å². The van der Waals surface area contributed by atoms with Crippen molar-refractivity contribution in [2.45, 2.75) is 26.8 Å². The van der Waals surface area contributed by atoms with Gasteiger partial charge in [0.25, 0.3) is 5.91 Å². The average Bonchev–Trinajstić information content (AvgIpc) is 2.95. The van der Waals surface area contributed by atoms with E-state index in [2.05, 4.69) is 19.2 Å². The molecule has 0 fully saturated rings. The molecular weight excluding hydrogens is 315 g/mol.